The van der Waals surface area contributed by atoms with Crippen molar-refractivity contribution >= 4 is 35.2 Å². The molecule has 0 aliphatic rings. The number of nitriles is 1. The highest BCUT2D eigenvalue weighted by Gasteiger charge is 2.16. The molecule has 0 heterocycles. The molecule has 0 fully saturated rings. The Morgan fingerprint density at radius 1 is 1.31 bits per heavy atom. The number of hydrogen-bond acceptors (Lipinski definition) is 5. The molecule has 1 amide bonds. The van der Waals surface area contributed by atoms with Crippen molar-refractivity contribution in [3.63, 3.8) is 0 Å². The Balaban J connectivity index is 2.34. The Morgan fingerprint density at radius 2 is 2.03 bits per heavy atom. The van der Waals surface area contributed by atoms with Crippen LogP contribution in [0.1, 0.15) is 12.5 Å². The third-order valence-electron chi connectivity index (χ3n) is 3.47. The minimum Gasteiger partial charge on any atom is -0.490 e. The number of hydrogen-bond donors (Lipinski definition) is 2. The van der Waals surface area contributed by atoms with Gasteiger partial charge in [-0.25, -0.2) is 9.18 Å². The second-order valence-corrected chi connectivity index (χ2v) is 5.96. The van der Waals surface area contributed by atoms with E-state index in [0.717, 1.165) is 0 Å². The zero-order chi connectivity index (χ0) is 21.4. The van der Waals surface area contributed by atoms with Crippen molar-refractivity contribution in [2.75, 3.05) is 18.5 Å². The number of benzene rings is 2. The van der Waals surface area contributed by atoms with Gasteiger partial charge in [-0.15, -0.1) is 0 Å². The molecule has 2 aromatic rings. The zero-order valence-electron chi connectivity index (χ0n) is 15.2. The molecule has 2 rings (SSSR count). The third kappa shape index (κ3) is 5.96. The van der Waals surface area contributed by atoms with Crippen molar-refractivity contribution in [1.29, 1.82) is 5.26 Å². The Kier molecular flexibility index (Phi) is 7.57. The topological polar surface area (TPSA) is 109 Å². The zero-order valence-corrected chi connectivity index (χ0v) is 16.0. The van der Waals surface area contributed by atoms with Gasteiger partial charge in [0.1, 0.15) is 17.5 Å². The lowest BCUT2D eigenvalue weighted by Gasteiger charge is -2.13. The van der Waals surface area contributed by atoms with E-state index in [1.54, 1.807) is 19.1 Å². The molecule has 0 bridgehead atoms. The molecule has 150 valence electrons. The number of carboxylic acids is 1. The molecule has 2 aromatic carbocycles. The Bertz CT molecular complexity index is 1000. The number of carbonyl (C=O) groups is 2. The quantitative estimate of drug-likeness (QED) is 0.497. The van der Waals surface area contributed by atoms with Crippen LogP contribution in [0.2, 0.25) is 5.02 Å². The Labute approximate surface area is 170 Å². The first-order chi connectivity index (χ1) is 13.8. The van der Waals surface area contributed by atoms with E-state index in [2.05, 4.69) is 5.32 Å². The molecule has 0 radical (unpaired) electrons. The average Bonchev–Trinajstić information content (AvgIpc) is 2.67. The largest absolute Gasteiger partial charge is 0.490 e. The Morgan fingerprint density at radius 3 is 2.66 bits per heavy atom. The van der Waals surface area contributed by atoms with Crippen molar-refractivity contribution in [3.05, 3.63) is 58.4 Å². The summed E-state index contributed by atoms with van der Waals surface area (Å²) in [5.41, 5.74) is -0.0311. The number of para-hydroxylation sites is 1. The van der Waals surface area contributed by atoms with Crippen LogP contribution in [0, 0.1) is 17.1 Å². The molecule has 0 spiro atoms. The number of amides is 1. The summed E-state index contributed by atoms with van der Waals surface area (Å²) in [6, 6.07) is 10.1. The summed E-state index contributed by atoms with van der Waals surface area (Å²) in [6.45, 7) is 1.33. The van der Waals surface area contributed by atoms with Gasteiger partial charge in [0.25, 0.3) is 5.91 Å². The molecular weight excluding hydrogens is 403 g/mol. The number of nitrogens with zero attached hydrogens (tertiary/aromatic N) is 1. The van der Waals surface area contributed by atoms with E-state index in [1.807, 2.05) is 0 Å². The number of carboxylic acid groups (broad SMARTS) is 1. The number of nitrogens with one attached hydrogen (secondary N) is 1. The summed E-state index contributed by atoms with van der Waals surface area (Å²) in [5.74, 6) is -2.46. The van der Waals surface area contributed by atoms with E-state index in [9.17, 15) is 19.2 Å². The fraction of sp³-hybridized carbons (Fsp3) is 0.150. The van der Waals surface area contributed by atoms with E-state index < -0.39 is 24.3 Å². The van der Waals surface area contributed by atoms with Crippen molar-refractivity contribution in [2.45, 2.75) is 6.92 Å². The number of anilines is 1. The van der Waals surface area contributed by atoms with Gasteiger partial charge in [0, 0.05) is 0 Å². The van der Waals surface area contributed by atoms with Crippen molar-refractivity contribution in [1.82, 2.24) is 0 Å². The Hall–Kier alpha value is -3.57. The SMILES string of the molecule is CCOc1cc(/C=C(/C#N)C(=O)Nc2ccccc2F)cc(Cl)c1OCC(=O)O. The molecule has 0 atom stereocenters. The molecular formula is C20H16ClFN2O5. The fourth-order valence-corrected chi connectivity index (χ4v) is 2.55. The standard InChI is InChI=1S/C20H16ClFN2O5/c1-2-28-17-9-12(8-14(21)19(17)29-11-18(25)26)7-13(10-23)20(27)24-16-6-4-3-5-15(16)22/h3-9H,2,11H2,1H3,(H,24,27)(H,25,26)/b13-7-. The van der Waals surface area contributed by atoms with Crippen LogP contribution < -0.4 is 14.8 Å². The lowest BCUT2D eigenvalue weighted by atomic mass is 10.1. The van der Waals surface area contributed by atoms with Gasteiger partial charge < -0.3 is 19.9 Å². The van der Waals surface area contributed by atoms with Crippen LogP contribution >= 0.6 is 11.6 Å². The van der Waals surface area contributed by atoms with Gasteiger partial charge in [-0.1, -0.05) is 23.7 Å². The summed E-state index contributed by atoms with van der Waals surface area (Å²) in [5, 5.41) is 20.4. The predicted octanol–water partition coefficient (Wildman–Crippen LogP) is 3.89. The fourth-order valence-electron chi connectivity index (χ4n) is 2.28. The summed E-state index contributed by atoms with van der Waals surface area (Å²) in [4.78, 5) is 23.0. The van der Waals surface area contributed by atoms with Crippen LogP contribution in [0.3, 0.4) is 0 Å². The van der Waals surface area contributed by atoms with Gasteiger partial charge >= 0.3 is 5.97 Å². The van der Waals surface area contributed by atoms with Crippen molar-refractivity contribution < 1.29 is 28.6 Å². The van der Waals surface area contributed by atoms with Crippen LogP contribution in [0.5, 0.6) is 11.5 Å². The molecule has 0 saturated carbocycles. The van der Waals surface area contributed by atoms with E-state index in [4.69, 9.17) is 26.2 Å². The molecule has 0 unspecified atom stereocenters. The van der Waals surface area contributed by atoms with Gasteiger partial charge in [-0.05, 0) is 42.8 Å². The monoisotopic (exact) mass is 418 g/mol. The van der Waals surface area contributed by atoms with Gasteiger partial charge in [0.15, 0.2) is 18.1 Å². The second kappa shape index (κ2) is 10.1. The molecule has 0 aromatic heterocycles. The molecule has 0 saturated heterocycles. The number of ether oxygens (including phenoxy) is 2. The normalized spacial score (nSPS) is 10.8. The van der Waals surface area contributed by atoms with Gasteiger partial charge in [-0.3, -0.25) is 4.79 Å². The number of carbonyl (C=O) groups excluding carboxylic acids is 1. The minimum absolute atomic E-state index is 0.0300. The first kappa shape index (κ1) is 21.7. The molecule has 0 aliphatic heterocycles. The first-order valence-corrected chi connectivity index (χ1v) is 8.72. The molecule has 7 nitrogen and oxygen atoms in total. The molecule has 0 aliphatic carbocycles. The van der Waals surface area contributed by atoms with E-state index in [1.165, 1.54) is 36.4 Å². The van der Waals surface area contributed by atoms with Crippen LogP contribution in [-0.4, -0.2) is 30.2 Å². The van der Waals surface area contributed by atoms with Crippen LogP contribution in [0.15, 0.2) is 42.0 Å². The summed E-state index contributed by atoms with van der Waals surface area (Å²) in [6.07, 6.45) is 1.24. The summed E-state index contributed by atoms with van der Waals surface area (Å²) in [7, 11) is 0. The maximum Gasteiger partial charge on any atom is 0.341 e. The lowest BCUT2D eigenvalue weighted by Crippen LogP contribution is -2.14. The van der Waals surface area contributed by atoms with Crippen LogP contribution in [-0.2, 0) is 9.59 Å². The number of aliphatic carboxylic acids is 1. The minimum atomic E-state index is -1.19. The van der Waals surface area contributed by atoms with Gasteiger partial charge in [-0.2, -0.15) is 5.26 Å². The summed E-state index contributed by atoms with van der Waals surface area (Å²) < 4.78 is 24.3. The highest BCUT2D eigenvalue weighted by Crippen LogP contribution is 2.37. The van der Waals surface area contributed by atoms with Gasteiger partial charge in [0.2, 0.25) is 0 Å². The smallest absolute Gasteiger partial charge is 0.341 e. The first-order valence-electron chi connectivity index (χ1n) is 8.34. The van der Waals surface area contributed by atoms with E-state index in [-0.39, 0.29) is 34.4 Å². The van der Waals surface area contributed by atoms with E-state index in [0.29, 0.717) is 5.56 Å². The molecule has 2 N–H and O–H groups in total. The third-order valence-corrected chi connectivity index (χ3v) is 3.75. The molecule has 29 heavy (non-hydrogen) atoms. The van der Waals surface area contributed by atoms with Gasteiger partial charge in [0.05, 0.1) is 17.3 Å². The van der Waals surface area contributed by atoms with Crippen molar-refractivity contribution in [2.24, 2.45) is 0 Å². The second-order valence-electron chi connectivity index (χ2n) is 5.55. The van der Waals surface area contributed by atoms with Crippen LogP contribution in [0.4, 0.5) is 10.1 Å². The lowest BCUT2D eigenvalue weighted by molar-refractivity contribution is -0.139. The average molecular weight is 419 g/mol. The van der Waals surface area contributed by atoms with E-state index >= 15 is 0 Å². The maximum absolute atomic E-state index is 13.7. The highest BCUT2D eigenvalue weighted by atomic mass is 35.5. The van der Waals surface area contributed by atoms with Crippen molar-refractivity contribution in [3.8, 4) is 17.6 Å². The molecule has 9 heteroatoms. The maximum atomic E-state index is 13.7. The van der Waals surface area contributed by atoms with Crippen LogP contribution in [0.25, 0.3) is 6.08 Å². The summed E-state index contributed by atoms with van der Waals surface area (Å²) >= 11 is 6.15. The highest BCUT2D eigenvalue weighted by molar-refractivity contribution is 6.32. The number of halogens is 2. The predicted molar refractivity (Wildman–Crippen MR) is 104 cm³/mol. The number of rotatable bonds is 8.